The van der Waals surface area contributed by atoms with E-state index in [0.29, 0.717) is 0 Å². The standard InChI is InChI=1S/C17H25NO2/c1-14-6-7-16(20-3)15(12-14)17(8-4-5-9-17)13-18-10-11-19-2/h4-7,12,18H,8-11,13H2,1-3H3. The number of allylic oxidation sites excluding steroid dienone is 2. The Bertz CT molecular complexity index is 460. The Morgan fingerprint density at radius 1 is 1.20 bits per heavy atom. The van der Waals surface area contributed by atoms with Gasteiger partial charge in [-0.15, -0.1) is 0 Å². The summed E-state index contributed by atoms with van der Waals surface area (Å²) < 4.78 is 10.7. The predicted octanol–water partition coefficient (Wildman–Crippen LogP) is 2.83. The molecule has 0 saturated heterocycles. The largest absolute Gasteiger partial charge is 0.496 e. The molecule has 1 aliphatic carbocycles. The first-order valence-corrected chi connectivity index (χ1v) is 7.21. The highest BCUT2D eigenvalue weighted by atomic mass is 16.5. The average Bonchev–Trinajstić information content (AvgIpc) is 2.93. The van der Waals surface area contributed by atoms with Crippen LogP contribution in [0, 0.1) is 6.92 Å². The van der Waals surface area contributed by atoms with Gasteiger partial charge >= 0.3 is 0 Å². The first-order valence-electron chi connectivity index (χ1n) is 7.21. The molecule has 0 saturated carbocycles. The highest BCUT2D eigenvalue weighted by Gasteiger charge is 2.35. The number of ether oxygens (including phenoxy) is 2. The first kappa shape index (κ1) is 15.1. The van der Waals surface area contributed by atoms with Gasteiger partial charge in [0.25, 0.3) is 0 Å². The van der Waals surface area contributed by atoms with Crippen molar-refractivity contribution in [2.45, 2.75) is 25.2 Å². The molecule has 1 N–H and O–H groups in total. The second-order valence-corrected chi connectivity index (χ2v) is 5.53. The molecule has 0 radical (unpaired) electrons. The maximum atomic E-state index is 5.59. The van der Waals surface area contributed by atoms with Crippen molar-refractivity contribution < 1.29 is 9.47 Å². The van der Waals surface area contributed by atoms with E-state index in [1.165, 1.54) is 11.1 Å². The molecule has 3 nitrogen and oxygen atoms in total. The molecule has 1 aromatic carbocycles. The second kappa shape index (κ2) is 6.91. The normalized spacial score (nSPS) is 16.6. The summed E-state index contributed by atoms with van der Waals surface area (Å²) in [5.41, 5.74) is 2.71. The summed E-state index contributed by atoms with van der Waals surface area (Å²) in [5.74, 6) is 0.993. The van der Waals surface area contributed by atoms with Gasteiger partial charge in [0.1, 0.15) is 5.75 Å². The summed E-state index contributed by atoms with van der Waals surface area (Å²) in [4.78, 5) is 0. The molecule has 20 heavy (non-hydrogen) atoms. The van der Waals surface area contributed by atoms with Crippen LogP contribution in [0.2, 0.25) is 0 Å². The lowest BCUT2D eigenvalue weighted by Gasteiger charge is -2.32. The molecule has 0 aromatic heterocycles. The quantitative estimate of drug-likeness (QED) is 0.613. The van der Waals surface area contributed by atoms with Crippen LogP contribution < -0.4 is 10.1 Å². The summed E-state index contributed by atoms with van der Waals surface area (Å²) in [7, 11) is 3.49. The smallest absolute Gasteiger partial charge is 0.122 e. The van der Waals surface area contributed by atoms with Gasteiger partial charge in [0.2, 0.25) is 0 Å². The van der Waals surface area contributed by atoms with Crippen molar-refractivity contribution >= 4 is 0 Å². The van der Waals surface area contributed by atoms with Gasteiger partial charge in [-0.05, 0) is 25.8 Å². The van der Waals surface area contributed by atoms with E-state index in [-0.39, 0.29) is 5.41 Å². The molecule has 110 valence electrons. The maximum absolute atomic E-state index is 5.59. The Hall–Kier alpha value is -1.32. The van der Waals surface area contributed by atoms with E-state index in [1.54, 1.807) is 14.2 Å². The molecule has 1 aromatic rings. The van der Waals surface area contributed by atoms with Gasteiger partial charge in [-0.1, -0.05) is 29.8 Å². The van der Waals surface area contributed by atoms with E-state index in [0.717, 1.165) is 38.3 Å². The van der Waals surface area contributed by atoms with Gasteiger partial charge < -0.3 is 14.8 Å². The molecule has 0 amide bonds. The Balaban J connectivity index is 2.21. The fourth-order valence-electron chi connectivity index (χ4n) is 2.90. The molecule has 0 bridgehead atoms. The number of hydrogen-bond acceptors (Lipinski definition) is 3. The van der Waals surface area contributed by atoms with Gasteiger partial charge in [-0.2, -0.15) is 0 Å². The van der Waals surface area contributed by atoms with E-state index in [4.69, 9.17) is 9.47 Å². The van der Waals surface area contributed by atoms with E-state index >= 15 is 0 Å². The van der Waals surface area contributed by atoms with Gasteiger partial charge in [-0.25, -0.2) is 0 Å². The van der Waals surface area contributed by atoms with Gasteiger partial charge in [-0.3, -0.25) is 0 Å². The molecule has 0 spiro atoms. The summed E-state index contributed by atoms with van der Waals surface area (Å²) in [6.07, 6.45) is 6.68. The van der Waals surface area contributed by atoms with Gasteiger partial charge in [0.05, 0.1) is 13.7 Å². The number of methoxy groups -OCH3 is 2. The fourth-order valence-corrected chi connectivity index (χ4v) is 2.90. The predicted molar refractivity (Wildman–Crippen MR) is 82.5 cm³/mol. The number of benzene rings is 1. The summed E-state index contributed by atoms with van der Waals surface area (Å²) in [5, 5.41) is 3.52. The van der Waals surface area contributed by atoms with Crippen LogP contribution in [0.25, 0.3) is 0 Å². The van der Waals surface area contributed by atoms with Crippen LogP contribution in [0.4, 0.5) is 0 Å². The number of nitrogens with one attached hydrogen (secondary N) is 1. The third kappa shape index (κ3) is 3.22. The highest BCUT2D eigenvalue weighted by molar-refractivity contribution is 5.44. The van der Waals surface area contributed by atoms with E-state index in [2.05, 4.69) is 42.6 Å². The van der Waals surface area contributed by atoms with Crippen molar-refractivity contribution in [3.63, 3.8) is 0 Å². The van der Waals surface area contributed by atoms with Crippen molar-refractivity contribution in [3.8, 4) is 5.75 Å². The molecular weight excluding hydrogens is 250 g/mol. The fraction of sp³-hybridized carbons (Fsp3) is 0.529. The minimum atomic E-state index is 0.116. The monoisotopic (exact) mass is 275 g/mol. The maximum Gasteiger partial charge on any atom is 0.122 e. The van der Waals surface area contributed by atoms with E-state index in [1.807, 2.05) is 0 Å². The minimum absolute atomic E-state index is 0.116. The average molecular weight is 275 g/mol. The molecule has 0 unspecified atom stereocenters. The van der Waals surface area contributed by atoms with Crippen molar-refractivity contribution in [1.29, 1.82) is 0 Å². The highest BCUT2D eigenvalue weighted by Crippen LogP contribution is 2.41. The Labute approximate surface area is 122 Å². The molecular formula is C17H25NO2. The zero-order valence-electron chi connectivity index (χ0n) is 12.7. The van der Waals surface area contributed by atoms with Crippen LogP contribution in [0.15, 0.2) is 30.4 Å². The molecule has 0 fully saturated rings. The summed E-state index contributed by atoms with van der Waals surface area (Å²) in [6.45, 7) is 4.71. The number of rotatable bonds is 7. The van der Waals surface area contributed by atoms with E-state index < -0.39 is 0 Å². The minimum Gasteiger partial charge on any atom is -0.496 e. The molecule has 0 atom stereocenters. The lowest BCUT2D eigenvalue weighted by Crippen LogP contribution is -2.38. The van der Waals surface area contributed by atoms with Crippen molar-refractivity contribution in [2.75, 3.05) is 33.9 Å². The summed E-state index contributed by atoms with van der Waals surface area (Å²) in [6, 6.07) is 6.46. The van der Waals surface area contributed by atoms with Crippen molar-refractivity contribution in [1.82, 2.24) is 5.32 Å². The van der Waals surface area contributed by atoms with Crippen LogP contribution in [-0.4, -0.2) is 33.9 Å². The van der Waals surface area contributed by atoms with Crippen LogP contribution in [0.3, 0.4) is 0 Å². The second-order valence-electron chi connectivity index (χ2n) is 5.53. The topological polar surface area (TPSA) is 30.5 Å². The number of aryl methyl sites for hydroxylation is 1. The Kier molecular flexibility index (Phi) is 5.21. The summed E-state index contributed by atoms with van der Waals surface area (Å²) >= 11 is 0. The lowest BCUT2D eigenvalue weighted by molar-refractivity contribution is 0.196. The van der Waals surface area contributed by atoms with E-state index in [9.17, 15) is 0 Å². The Morgan fingerprint density at radius 2 is 1.95 bits per heavy atom. The van der Waals surface area contributed by atoms with Crippen LogP contribution in [-0.2, 0) is 10.2 Å². The third-order valence-corrected chi connectivity index (χ3v) is 4.06. The molecule has 0 heterocycles. The number of hydrogen-bond donors (Lipinski definition) is 1. The SMILES string of the molecule is COCCNCC1(c2cc(C)ccc2OC)CC=CC1. The van der Waals surface area contributed by atoms with Crippen molar-refractivity contribution in [2.24, 2.45) is 0 Å². The molecule has 3 heteroatoms. The lowest BCUT2D eigenvalue weighted by atomic mass is 9.77. The zero-order valence-corrected chi connectivity index (χ0v) is 12.7. The van der Waals surface area contributed by atoms with Crippen LogP contribution in [0.1, 0.15) is 24.0 Å². The molecule has 1 aliphatic rings. The first-order chi connectivity index (χ1) is 9.72. The third-order valence-electron chi connectivity index (χ3n) is 4.06. The van der Waals surface area contributed by atoms with Crippen molar-refractivity contribution in [3.05, 3.63) is 41.5 Å². The van der Waals surface area contributed by atoms with Crippen LogP contribution in [0.5, 0.6) is 5.75 Å². The van der Waals surface area contributed by atoms with Gasteiger partial charge in [0.15, 0.2) is 0 Å². The molecule has 0 aliphatic heterocycles. The van der Waals surface area contributed by atoms with Gasteiger partial charge in [0, 0.05) is 31.2 Å². The zero-order chi connectivity index (χ0) is 14.4. The Morgan fingerprint density at radius 3 is 2.60 bits per heavy atom. The van der Waals surface area contributed by atoms with Crippen LogP contribution >= 0.6 is 0 Å². The molecule has 2 rings (SSSR count).